The third-order valence-electron chi connectivity index (χ3n) is 3.43. The molecule has 1 unspecified atom stereocenters. The monoisotopic (exact) mass is 255 g/mol. The molecule has 5 heteroatoms. The number of amides is 2. The average molecular weight is 255 g/mol. The van der Waals surface area contributed by atoms with Crippen molar-refractivity contribution in [3.05, 3.63) is 36.2 Å². The first kappa shape index (κ1) is 11.6. The van der Waals surface area contributed by atoms with E-state index in [-0.39, 0.29) is 17.7 Å². The Morgan fingerprint density at radius 1 is 1.21 bits per heavy atom. The van der Waals surface area contributed by atoms with E-state index in [4.69, 9.17) is 5.73 Å². The zero-order chi connectivity index (χ0) is 13.4. The van der Waals surface area contributed by atoms with Crippen LogP contribution in [0.25, 0.3) is 10.8 Å². The number of pyridine rings is 1. The molecule has 19 heavy (non-hydrogen) atoms. The predicted octanol–water partition coefficient (Wildman–Crippen LogP) is 1.34. The summed E-state index contributed by atoms with van der Waals surface area (Å²) in [7, 11) is 0. The fourth-order valence-electron chi connectivity index (χ4n) is 2.47. The number of nitrogens with one attached hydrogen (secondary N) is 1. The Hall–Kier alpha value is -2.43. The molecule has 5 nitrogen and oxygen atoms in total. The molecule has 0 spiro atoms. The first-order valence-corrected chi connectivity index (χ1v) is 6.13. The van der Waals surface area contributed by atoms with Crippen molar-refractivity contribution in [1.82, 2.24) is 10.3 Å². The van der Waals surface area contributed by atoms with Gasteiger partial charge in [-0.3, -0.25) is 19.9 Å². The van der Waals surface area contributed by atoms with Gasteiger partial charge in [-0.1, -0.05) is 24.3 Å². The Bertz CT molecular complexity index is 681. The van der Waals surface area contributed by atoms with E-state index in [1.165, 1.54) is 0 Å². The molecule has 0 radical (unpaired) electrons. The van der Waals surface area contributed by atoms with Crippen LogP contribution in [-0.4, -0.2) is 16.8 Å². The highest BCUT2D eigenvalue weighted by Crippen LogP contribution is 2.31. The van der Waals surface area contributed by atoms with Crippen LogP contribution < -0.4 is 11.1 Å². The molecule has 2 aromatic rings. The molecule has 0 saturated carbocycles. The second kappa shape index (κ2) is 4.35. The fourth-order valence-corrected chi connectivity index (χ4v) is 2.47. The standard InChI is InChI=1S/C14H13N3O2/c15-11-7-16-13(9-4-2-1-3-8(9)11)10-5-6-12(18)17-14(10)19/h1-4,7,10H,5-6,15H2,(H,17,18,19). The average Bonchev–Trinajstić information content (AvgIpc) is 2.41. The van der Waals surface area contributed by atoms with Gasteiger partial charge in [0.05, 0.1) is 23.5 Å². The van der Waals surface area contributed by atoms with Crippen molar-refractivity contribution in [1.29, 1.82) is 0 Å². The normalized spacial score (nSPS) is 19.5. The van der Waals surface area contributed by atoms with E-state index in [0.29, 0.717) is 24.2 Å². The number of nitrogens with two attached hydrogens (primary N) is 1. The van der Waals surface area contributed by atoms with Crippen molar-refractivity contribution >= 4 is 28.3 Å². The van der Waals surface area contributed by atoms with E-state index in [2.05, 4.69) is 10.3 Å². The van der Waals surface area contributed by atoms with Gasteiger partial charge < -0.3 is 5.73 Å². The second-order valence-electron chi connectivity index (χ2n) is 4.65. The number of carbonyl (C=O) groups is 2. The summed E-state index contributed by atoms with van der Waals surface area (Å²) in [5, 5.41) is 4.12. The van der Waals surface area contributed by atoms with E-state index in [9.17, 15) is 9.59 Å². The number of hydrogen-bond donors (Lipinski definition) is 2. The van der Waals surface area contributed by atoms with E-state index < -0.39 is 0 Å². The number of aromatic nitrogens is 1. The van der Waals surface area contributed by atoms with Gasteiger partial charge in [0, 0.05) is 17.2 Å². The topological polar surface area (TPSA) is 85.1 Å². The number of fused-ring (bicyclic) bond motifs is 1. The third-order valence-corrected chi connectivity index (χ3v) is 3.43. The van der Waals surface area contributed by atoms with Crippen LogP contribution in [0, 0.1) is 0 Å². The van der Waals surface area contributed by atoms with Crippen LogP contribution in [-0.2, 0) is 9.59 Å². The summed E-state index contributed by atoms with van der Waals surface area (Å²) in [6.45, 7) is 0. The number of benzene rings is 1. The quantitative estimate of drug-likeness (QED) is 0.753. The first-order chi connectivity index (χ1) is 9.16. The van der Waals surface area contributed by atoms with Gasteiger partial charge in [-0.25, -0.2) is 0 Å². The molecule has 96 valence electrons. The maximum atomic E-state index is 11.9. The van der Waals surface area contributed by atoms with Crippen LogP contribution >= 0.6 is 0 Å². The molecular formula is C14H13N3O2. The van der Waals surface area contributed by atoms with Crippen molar-refractivity contribution < 1.29 is 9.59 Å². The highest BCUT2D eigenvalue weighted by molar-refractivity contribution is 6.03. The number of piperidine rings is 1. The molecule has 1 aromatic heterocycles. The molecule has 2 amide bonds. The van der Waals surface area contributed by atoms with E-state index >= 15 is 0 Å². The van der Waals surface area contributed by atoms with Crippen LogP contribution in [0.15, 0.2) is 30.5 Å². The predicted molar refractivity (Wildman–Crippen MR) is 71.3 cm³/mol. The number of hydrogen-bond acceptors (Lipinski definition) is 4. The Morgan fingerprint density at radius 3 is 2.68 bits per heavy atom. The lowest BCUT2D eigenvalue weighted by atomic mass is 9.91. The molecule has 1 atom stereocenters. The Labute approximate surface area is 109 Å². The second-order valence-corrected chi connectivity index (χ2v) is 4.65. The Balaban J connectivity index is 2.13. The van der Waals surface area contributed by atoms with Gasteiger partial charge in [0.2, 0.25) is 11.8 Å². The summed E-state index contributed by atoms with van der Waals surface area (Å²) in [5.41, 5.74) is 7.17. The Morgan fingerprint density at radius 2 is 1.95 bits per heavy atom. The molecule has 1 aromatic carbocycles. The summed E-state index contributed by atoms with van der Waals surface area (Å²) in [6.07, 6.45) is 2.41. The van der Waals surface area contributed by atoms with E-state index in [0.717, 1.165) is 10.8 Å². The minimum Gasteiger partial charge on any atom is -0.397 e. The lowest BCUT2D eigenvalue weighted by Gasteiger charge is -2.21. The number of nitrogen functional groups attached to an aromatic ring is 1. The number of nitrogens with zero attached hydrogens (tertiary/aromatic N) is 1. The van der Waals surface area contributed by atoms with Crippen LogP contribution in [0.5, 0.6) is 0 Å². The lowest BCUT2D eigenvalue weighted by Crippen LogP contribution is -2.39. The van der Waals surface area contributed by atoms with Gasteiger partial charge in [0.1, 0.15) is 0 Å². The molecule has 2 heterocycles. The molecule has 0 aliphatic carbocycles. The zero-order valence-electron chi connectivity index (χ0n) is 10.2. The summed E-state index contributed by atoms with van der Waals surface area (Å²) in [5.74, 6) is -0.886. The first-order valence-electron chi connectivity index (χ1n) is 6.13. The van der Waals surface area contributed by atoms with Crippen LogP contribution in [0.4, 0.5) is 5.69 Å². The van der Waals surface area contributed by atoms with Crippen molar-refractivity contribution in [2.24, 2.45) is 0 Å². The van der Waals surface area contributed by atoms with Gasteiger partial charge >= 0.3 is 0 Å². The Kier molecular flexibility index (Phi) is 2.67. The molecule has 1 aliphatic heterocycles. The summed E-state index contributed by atoms with van der Waals surface area (Å²) < 4.78 is 0. The van der Waals surface area contributed by atoms with Crippen LogP contribution in [0.1, 0.15) is 24.5 Å². The molecular weight excluding hydrogens is 242 g/mol. The highest BCUT2D eigenvalue weighted by atomic mass is 16.2. The van der Waals surface area contributed by atoms with Gasteiger partial charge in [-0.15, -0.1) is 0 Å². The van der Waals surface area contributed by atoms with Gasteiger partial charge in [-0.2, -0.15) is 0 Å². The van der Waals surface area contributed by atoms with Crippen LogP contribution in [0.2, 0.25) is 0 Å². The van der Waals surface area contributed by atoms with Gasteiger partial charge in [-0.05, 0) is 6.42 Å². The number of anilines is 1. The minimum absolute atomic E-state index is 0.221. The smallest absolute Gasteiger partial charge is 0.235 e. The molecule has 3 rings (SSSR count). The summed E-state index contributed by atoms with van der Waals surface area (Å²) in [6, 6.07) is 7.59. The van der Waals surface area contributed by atoms with Gasteiger partial charge in [0.25, 0.3) is 0 Å². The molecule has 0 bridgehead atoms. The van der Waals surface area contributed by atoms with Crippen molar-refractivity contribution in [3.63, 3.8) is 0 Å². The molecule has 3 N–H and O–H groups in total. The number of imide groups is 1. The zero-order valence-corrected chi connectivity index (χ0v) is 10.2. The summed E-state index contributed by atoms with van der Waals surface area (Å²) >= 11 is 0. The van der Waals surface area contributed by atoms with E-state index in [1.807, 2.05) is 24.3 Å². The third kappa shape index (κ3) is 1.93. The van der Waals surface area contributed by atoms with Crippen molar-refractivity contribution in [3.8, 4) is 0 Å². The minimum atomic E-state index is -0.386. The molecule has 1 aliphatic rings. The molecule has 1 saturated heterocycles. The largest absolute Gasteiger partial charge is 0.397 e. The van der Waals surface area contributed by atoms with E-state index in [1.54, 1.807) is 6.20 Å². The maximum Gasteiger partial charge on any atom is 0.235 e. The number of carbonyl (C=O) groups excluding carboxylic acids is 2. The van der Waals surface area contributed by atoms with Crippen LogP contribution in [0.3, 0.4) is 0 Å². The maximum absolute atomic E-state index is 11.9. The van der Waals surface area contributed by atoms with Crippen molar-refractivity contribution in [2.45, 2.75) is 18.8 Å². The van der Waals surface area contributed by atoms with Crippen molar-refractivity contribution in [2.75, 3.05) is 5.73 Å². The number of rotatable bonds is 1. The molecule has 1 fully saturated rings. The SMILES string of the molecule is Nc1cnc(C2CCC(=O)NC2=O)c2ccccc12. The lowest BCUT2D eigenvalue weighted by molar-refractivity contribution is -0.134. The highest BCUT2D eigenvalue weighted by Gasteiger charge is 2.30. The van der Waals surface area contributed by atoms with Gasteiger partial charge in [0.15, 0.2) is 0 Å². The fraction of sp³-hybridized carbons (Fsp3) is 0.214. The summed E-state index contributed by atoms with van der Waals surface area (Å²) in [4.78, 5) is 27.4.